The van der Waals surface area contributed by atoms with Crippen LogP contribution in [-0.4, -0.2) is 44.1 Å². The normalized spacial score (nSPS) is 19.0. The molecule has 0 bridgehead atoms. The average Bonchev–Trinajstić information content (AvgIpc) is 3.68. The zero-order chi connectivity index (χ0) is 26.7. The number of anilines is 1. The summed E-state index contributed by atoms with van der Waals surface area (Å²) in [5, 5.41) is 9.73. The van der Waals surface area contributed by atoms with Crippen LogP contribution in [0.15, 0.2) is 48.9 Å². The molecule has 5 aromatic rings. The minimum atomic E-state index is -0.352. The summed E-state index contributed by atoms with van der Waals surface area (Å²) < 4.78 is 14.0. The molecular formula is C30H29ClFN7. The number of halogens is 2. The third-order valence-corrected chi connectivity index (χ3v) is 8.42. The van der Waals surface area contributed by atoms with Crippen LogP contribution in [0.25, 0.3) is 44.6 Å². The van der Waals surface area contributed by atoms with Gasteiger partial charge in [-0.15, -0.1) is 0 Å². The molecule has 4 aromatic heterocycles. The molecule has 3 N–H and O–H groups in total. The van der Waals surface area contributed by atoms with Gasteiger partial charge in [-0.05, 0) is 73.0 Å². The molecule has 1 atom stereocenters. The predicted octanol–water partition coefficient (Wildman–Crippen LogP) is 6.71. The maximum atomic E-state index is 14.0. The zero-order valence-electron chi connectivity index (χ0n) is 21.9. The molecule has 0 radical (unpaired) electrons. The van der Waals surface area contributed by atoms with Crippen molar-refractivity contribution in [3.63, 3.8) is 0 Å². The first-order valence-corrected chi connectivity index (χ1v) is 13.8. The van der Waals surface area contributed by atoms with Crippen molar-refractivity contribution in [1.82, 2.24) is 30.2 Å². The molecule has 198 valence electrons. The van der Waals surface area contributed by atoms with E-state index in [1.807, 2.05) is 24.5 Å². The molecule has 2 fully saturated rings. The number of hydrogen-bond acceptors (Lipinski definition) is 6. The Hall–Kier alpha value is -3.62. The molecule has 2 aliphatic rings. The van der Waals surface area contributed by atoms with Gasteiger partial charge in [0.05, 0.1) is 16.7 Å². The lowest BCUT2D eigenvalue weighted by atomic mass is 9.80. The SMILES string of the molecule is CC1(C)CNCC[C@@H]1Nc1nc(-c2ccnc3[nH]c(-c4cc(F)ccc4Cl)cc23)nc2cncc(C3CC3)c12. The Labute approximate surface area is 230 Å². The molecule has 5 heterocycles. The van der Waals surface area contributed by atoms with E-state index in [2.05, 4.69) is 39.4 Å². The summed E-state index contributed by atoms with van der Waals surface area (Å²) >= 11 is 6.41. The fraction of sp³-hybridized carbons (Fsp3) is 0.333. The molecule has 1 aromatic carbocycles. The van der Waals surface area contributed by atoms with E-state index >= 15 is 0 Å². The Balaban J connectivity index is 1.40. The second-order valence-corrected chi connectivity index (χ2v) is 11.8. The van der Waals surface area contributed by atoms with E-state index in [1.54, 1.807) is 12.3 Å². The minimum Gasteiger partial charge on any atom is -0.366 e. The number of piperidine rings is 1. The summed E-state index contributed by atoms with van der Waals surface area (Å²) in [7, 11) is 0. The lowest BCUT2D eigenvalue weighted by molar-refractivity contribution is 0.236. The van der Waals surface area contributed by atoms with E-state index in [0.717, 1.165) is 47.2 Å². The molecule has 1 aliphatic carbocycles. The second-order valence-electron chi connectivity index (χ2n) is 11.4. The predicted molar refractivity (Wildman–Crippen MR) is 153 cm³/mol. The number of pyridine rings is 2. The van der Waals surface area contributed by atoms with Crippen LogP contribution in [0.5, 0.6) is 0 Å². The van der Waals surface area contributed by atoms with Gasteiger partial charge in [0.1, 0.15) is 17.3 Å². The largest absolute Gasteiger partial charge is 0.366 e. The van der Waals surface area contributed by atoms with Crippen LogP contribution in [0.2, 0.25) is 5.02 Å². The Kier molecular flexibility index (Phi) is 5.79. The summed E-state index contributed by atoms with van der Waals surface area (Å²) in [6.45, 7) is 6.48. The molecule has 1 saturated carbocycles. The first-order chi connectivity index (χ1) is 18.9. The Morgan fingerprint density at radius 3 is 2.74 bits per heavy atom. The summed E-state index contributed by atoms with van der Waals surface area (Å²) in [4.78, 5) is 22.6. The number of nitrogens with zero attached hydrogens (tertiary/aromatic N) is 4. The van der Waals surface area contributed by atoms with E-state index in [-0.39, 0.29) is 17.3 Å². The molecule has 0 unspecified atom stereocenters. The van der Waals surface area contributed by atoms with E-state index in [9.17, 15) is 4.39 Å². The van der Waals surface area contributed by atoms with Gasteiger partial charge in [0.25, 0.3) is 0 Å². The van der Waals surface area contributed by atoms with Crippen LogP contribution < -0.4 is 10.6 Å². The van der Waals surface area contributed by atoms with Gasteiger partial charge in [-0.25, -0.2) is 19.3 Å². The highest BCUT2D eigenvalue weighted by Gasteiger charge is 2.34. The quantitative estimate of drug-likeness (QED) is 0.229. The highest BCUT2D eigenvalue weighted by atomic mass is 35.5. The van der Waals surface area contributed by atoms with Crippen LogP contribution in [0.4, 0.5) is 10.2 Å². The topological polar surface area (TPSA) is 91.4 Å². The van der Waals surface area contributed by atoms with Crippen molar-refractivity contribution in [3.8, 4) is 22.6 Å². The number of H-pyrrole nitrogens is 1. The van der Waals surface area contributed by atoms with Gasteiger partial charge < -0.3 is 15.6 Å². The van der Waals surface area contributed by atoms with Crippen molar-refractivity contribution in [2.45, 2.75) is 45.1 Å². The standard InChI is InChI=1S/C30H29ClFN7/c1-30(2)15-33-9-8-25(30)38-29-26-21(16-3-4-16)13-34-14-24(26)37-28(39-29)18-7-10-35-27-19(18)12-23(36-27)20-11-17(32)5-6-22(20)31/h5-7,10-14,16,25,33H,3-4,8-9,15H2,1-2H3,(H,35,36)(H,37,38,39)/t25-/m0/s1. The molecule has 1 aliphatic heterocycles. The Morgan fingerprint density at radius 1 is 1.05 bits per heavy atom. The van der Waals surface area contributed by atoms with Gasteiger partial charge in [0, 0.05) is 52.6 Å². The van der Waals surface area contributed by atoms with Gasteiger partial charge in [0.2, 0.25) is 0 Å². The maximum Gasteiger partial charge on any atom is 0.163 e. The Bertz CT molecular complexity index is 1730. The third-order valence-electron chi connectivity index (χ3n) is 8.09. The van der Waals surface area contributed by atoms with Crippen LogP contribution in [0.1, 0.15) is 44.6 Å². The van der Waals surface area contributed by atoms with Crippen molar-refractivity contribution in [3.05, 3.63) is 65.3 Å². The first-order valence-electron chi connectivity index (χ1n) is 13.4. The number of rotatable bonds is 5. The fourth-order valence-corrected chi connectivity index (χ4v) is 5.93. The van der Waals surface area contributed by atoms with E-state index in [4.69, 9.17) is 21.6 Å². The van der Waals surface area contributed by atoms with Crippen molar-refractivity contribution in [2.24, 2.45) is 5.41 Å². The number of aromatic nitrogens is 5. The summed E-state index contributed by atoms with van der Waals surface area (Å²) in [6, 6.07) is 8.45. The summed E-state index contributed by atoms with van der Waals surface area (Å²) in [5.41, 5.74) is 4.86. The molecule has 9 heteroatoms. The van der Waals surface area contributed by atoms with Crippen molar-refractivity contribution in [2.75, 3.05) is 18.4 Å². The molecule has 7 rings (SSSR count). The first kappa shape index (κ1) is 24.4. The molecule has 0 amide bonds. The Morgan fingerprint density at radius 2 is 1.92 bits per heavy atom. The minimum absolute atomic E-state index is 0.0617. The number of benzene rings is 1. The lowest BCUT2D eigenvalue weighted by Gasteiger charge is -2.40. The van der Waals surface area contributed by atoms with Crippen molar-refractivity contribution < 1.29 is 4.39 Å². The highest BCUT2D eigenvalue weighted by Crippen LogP contribution is 2.45. The second kappa shape index (κ2) is 9.24. The van der Waals surface area contributed by atoms with E-state index < -0.39 is 0 Å². The van der Waals surface area contributed by atoms with Crippen LogP contribution >= 0.6 is 11.6 Å². The maximum absolute atomic E-state index is 14.0. The van der Waals surface area contributed by atoms with Gasteiger partial charge in [-0.3, -0.25) is 4.98 Å². The fourth-order valence-electron chi connectivity index (χ4n) is 5.71. The molecule has 1 saturated heterocycles. The molecule has 39 heavy (non-hydrogen) atoms. The number of aromatic amines is 1. The van der Waals surface area contributed by atoms with Gasteiger partial charge >= 0.3 is 0 Å². The van der Waals surface area contributed by atoms with Crippen molar-refractivity contribution in [1.29, 1.82) is 0 Å². The van der Waals surface area contributed by atoms with Gasteiger partial charge in [-0.2, -0.15) is 0 Å². The third kappa shape index (κ3) is 4.41. The van der Waals surface area contributed by atoms with Crippen molar-refractivity contribution >= 4 is 39.4 Å². The monoisotopic (exact) mass is 541 g/mol. The molecular weight excluding hydrogens is 513 g/mol. The molecule has 7 nitrogen and oxygen atoms in total. The summed E-state index contributed by atoms with van der Waals surface area (Å²) in [6.07, 6.45) is 8.89. The smallest absolute Gasteiger partial charge is 0.163 e. The van der Waals surface area contributed by atoms with Crippen LogP contribution in [-0.2, 0) is 0 Å². The average molecular weight is 542 g/mol. The highest BCUT2D eigenvalue weighted by molar-refractivity contribution is 6.33. The van der Waals surface area contributed by atoms with Gasteiger partial charge in [-0.1, -0.05) is 25.4 Å². The summed E-state index contributed by atoms with van der Waals surface area (Å²) in [5.74, 6) is 1.60. The van der Waals surface area contributed by atoms with E-state index in [0.29, 0.717) is 33.7 Å². The number of fused-ring (bicyclic) bond motifs is 2. The molecule has 0 spiro atoms. The van der Waals surface area contributed by atoms with Gasteiger partial charge in [0.15, 0.2) is 5.82 Å². The lowest BCUT2D eigenvalue weighted by Crippen LogP contribution is -2.49. The number of nitrogens with one attached hydrogen (secondary N) is 3. The van der Waals surface area contributed by atoms with Crippen LogP contribution in [0.3, 0.4) is 0 Å². The zero-order valence-corrected chi connectivity index (χ0v) is 22.6. The van der Waals surface area contributed by atoms with E-state index in [1.165, 1.54) is 30.5 Å². The number of hydrogen-bond donors (Lipinski definition) is 3. The van der Waals surface area contributed by atoms with Crippen LogP contribution in [0, 0.1) is 11.2 Å².